The van der Waals surface area contributed by atoms with E-state index in [9.17, 15) is 9.18 Å². The van der Waals surface area contributed by atoms with Crippen molar-refractivity contribution in [3.63, 3.8) is 0 Å². The van der Waals surface area contributed by atoms with Crippen molar-refractivity contribution >= 4 is 21.9 Å². The van der Waals surface area contributed by atoms with Crippen molar-refractivity contribution in [3.05, 3.63) is 33.0 Å². The number of aryl methyl sites for hydroxylation is 1. The number of hydrogen-bond donors (Lipinski definition) is 1. The number of benzene rings is 1. The van der Waals surface area contributed by atoms with E-state index in [1.54, 1.807) is 19.9 Å². The molecule has 1 aromatic carbocycles. The Morgan fingerprint density at radius 2 is 2.08 bits per heavy atom. The van der Waals surface area contributed by atoms with Gasteiger partial charge in [-0.05, 0) is 47.0 Å². The predicted octanol–water partition coefficient (Wildman–Crippen LogP) is 2.90. The van der Waals surface area contributed by atoms with E-state index in [1.165, 1.54) is 0 Å². The highest BCUT2D eigenvalue weighted by Gasteiger charge is 2.17. The van der Waals surface area contributed by atoms with Gasteiger partial charge in [0.15, 0.2) is 5.82 Å². The lowest BCUT2D eigenvalue weighted by Gasteiger charge is -2.07. The summed E-state index contributed by atoms with van der Waals surface area (Å²) in [6.45, 7) is 3.33. The maximum atomic E-state index is 13.3. The minimum Gasteiger partial charge on any atom is -0.478 e. The molecule has 1 aromatic rings. The fourth-order valence-corrected chi connectivity index (χ4v) is 1.64. The lowest BCUT2D eigenvalue weighted by atomic mass is 10.0. The van der Waals surface area contributed by atoms with Gasteiger partial charge < -0.3 is 5.11 Å². The minimum atomic E-state index is -1.24. The highest BCUT2D eigenvalue weighted by molar-refractivity contribution is 9.10. The van der Waals surface area contributed by atoms with Gasteiger partial charge in [0.05, 0.1) is 10.0 Å². The topological polar surface area (TPSA) is 37.3 Å². The lowest BCUT2D eigenvalue weighted by Crippen LogP contribution is -2.05. The van der Waals surface area contributed by atoms with E-state index in [2.05, 4.69) is 15.9 Å². The zero-order chi connectivity index (χ0) is 10.2. The zero-order valence-corrected chi connectivity index (χ0v) is 8.77. The normalized spacial score (nSPS) is 10.2. The van der Waals surface area contributed by atoms with Crippen LogP contribution in [0.2, 0.25) is 0 Å². The molecule has 4 heteroatoms. The van der Waals surface area contributed by atoms with Crippen LogP contribution in [-0.4, -0.2) is 11.1 Å². The summed E-state index contributed by atoms with van der Waals surface area (Å²) in [6.07, 6.45) is 0. The number of aromatic carboxylic acids is 1. The maximum absolute atomic E-state index is 13.3. The number of carboxylic acids is 1. The molecule has 0 aromatic heterocycles. The second kappa shape index (κ2) is 3.46. The van der Waals surface area contributed by atoms with E-state index < -0.39 is 11.8 Å². The molecule has 0 aliphatic rings. The standard InChI is InChI=1S/C9H8BrFO2/c1-4-3-6(10)8(11)7(5(4)2)9(12)13/h3H,1-2H3,(H,12,13). The van der Waals surface area contributed by atoms with Gasteiger partial charge in [-0.2, -0.15) is 0 Å². The van der Waals surface area contributed by atoms with Crippen molar-refractivity contribution in [1.29, 1.82) is 0 Å². The molecule has 0 heterocycles. The van der Waals surface area contributed by atoms with Crippen molar-refractivity contribution in [2.45, 2.75) is 13.8 Å². The molecule has 0 unspecified atom stereocenters. The summed E-state index contributed by atoms with van der Waals surface area (Å²) in [5.41, 5.74) is 0.964. The summed E-state index contributed by atoms with van der Waals surface area (Å²) in [7, 11) is 0. The van der Waals surface area contributed by atoms with Crippen molar-refractivity contribution < 1.29 is 14.3 Å². The predicted molar refractivity (Wildman–Crippen MR) is 50.5 cm³/mol. The fourth-order valence-electron chi connectivity index (χ4n) is 1.10. The summed E-state index contributed by atoms with van der Waals surface area (Å²) in [5, 5.41) is 8.73. The quantitative estimate of drug-likeness (QED) is 0.828. The second-order valence-corrected chi connectivity index (χ2v) is 3.65. The molecule has 0 bridgehead atoms. The number of rotatable bonds is 1. The van der Waals surface area contributed by atoms with Crippen molar-refractivity contribution in [2.75, 3.05) is 0 Å². The van der Waals surface area contributed by atoms with Crippen LogP contribution in [0.1, 0.15) is 21.5 Å². The number of carboxylic acid groups (broad SMARTS) is 1. The average Bonchev–Trinajstić information content (AvgIpc) is 2.01. The van der Waals surface area contributed by atoms with E-state index in [0.717, 1.165) is 5.56 Å². The summed E-state index contributed by atoms with van der Waals surface area (Å²) in [5.74, 6) is -1.95. The van der Waals surface area contributed by atoms with Crippen LogP contribution in [0, 0.1) is 19.7 Å². The highest BCUT2D eigenvalue weighted by atomic mass is 79.9. The first kappa shape index (κ1) is 10.2. The molecule has 1 rings (SSSR count). The van der Waals surface area contributed by atoms with E-state index in [-0.39, 0.29) is 10.0 Å². The first-order valence-corrected chi connectivity index (χ1v) is 4.43. The second-order valence-electron chi connectivity index (χ2n) is 2.79. The molecular formula is C9H8BrFO2. The molecular weight excluding hydrogens is 239 g/mol. The third-order valence-corrected chi connectivity index (χ3v) is 2.53. The van der Waals surface area contributed by atoms with Gasteiger partial charge >= 0.3 is 5.97 Å². The van der Waals surface area contributed by atoms with Gasteiger partial charge in [0.1, 0.15) is 0 Å². The SMILES string of the molecule is Cc1cc(Br)c(F)c(C(=O)O)c1C. The Bertz CT molecular complexity index is 348. The Morgan fingerprint density at radius 1 is 1.54 bits per heavy atom. The van der Waals surface area contributed by atoms with Crippen LogP contribution in [0.25, 0.3) is 0 Å². The van der Waals surface area contributed by atoms with Crippen LogP contribution < -0.4 is 0 Å². The van der Waals surface area contributed by atoms with E-state index >= 15 is 0 Å². The molecule has 0 aliphatic carbocycles. The molecule has 0 amide bonds. The highest BCUT2D eigenvalue weighted by Crippen LogP contribution is 2.25. The summed E-state index contributed by atoms with van der Waals surface area (Å²) in [6, 6.07) is 1.57. The van der Waals surface area contributed by atoms with Crippen LogP contribution in [-0.2, 0) is 0 Å². The van der Waals surface area contributed by atoms with Gasteiger partial charge in [0, 0.05) is 0 Å². The van der Waals surface area contributed by atoms with Gasteiger partial charge in [0.2, 0.25) is 0 Å². The largest absolute Gasteiger partial charge is 0.478 e. The molecule has 0 aliphatic heterocycles. The zero-order valence-electron chi connectivity index (χ0n) is 7.19. The Kier molecular flexibility index (Phi) is 2.71. The number of hydrogen-bond acceptors (Lipinski definition) is 1. The Hall–Kier alpha value is -0.900. The first-order chi connectivity index (χ1) is 5.95. The van der Waals surface area contributed by atoms with Crippen molar-refractivity contribution in [3.8, 4) is 0 Å². The minimum absolute atomic E-state index is 0.188. The van der Waals surface area contributed by atoms with Gasteiger partial charge in [-0.25, -0.2) is 9.18 Å². The molecule has 0 atom stereocenters. The van der Waals surface area contributed by atoms with Crippen LogP contribution in [0.3, 0.4) is 0 Å². The molecule has 13 heavy (non-hydrogen) atoms. The Labute approximate surface area is 83.5 Å². The summed E-state index contributed by atoms with van der Waals surface area (Å²) < 4.78 is 13.5. The Balaban J connectivity index is 3.56. The third-order valence-electron chi connectivity index (χ3n) is 1.95. The van der Waals surface area contributed by atoms with Gasteiger partial charge in [-0.1, -0.05) is 0 Å². The maximum Gasteiger partial charge on any atom is 0.339 e. The third kappa shape index (κ3) is 1.72. The molecule has 1 N–H and O–H groups in total. The average molecular weight is 247 g/mol. The van der Waals surface area contributed by atoms with E-state index in [0.29, 0.717) is 5.56 Å². The van der Waals surface area contributed by atoms with E-state index in [1.807, 2.05) is 0 Å². The smallest absolute Gasteiger partial charge is 0.339 e. The summed E-state index contributed by atoms with van der Waals surface area (Å²) >= 11 is 2.96. The molecule has 0 fully saturated rings. The van der Waals surface area contributed by atoms with Crippen LogP contribution >= 0.6 is 15.9 Å². The monoisotopic (exact) mass is 246 g/mol. The van der Waals surface area contributed by atoms with Gasteiger partial charge in [-0.15, -0.1) is 0 Å². The van der Waals surface area contributed by atoms with Gasteiger partial charge in [-0.3, -0.25) is 0 Å². The lowest BCUT2D eigenvalue weighted by molar-refractivity contribution is 0.0690. The molecule has 0 saturated heterocycles. The first-order valence-electron chi connectivity index (χ1n) is 3.63. The van der Waals surface area contributed by atoms with E-state index in [4.69, 9.17) is 5.11 Å². The number of halogens is 2. The Morgan fingerprint density at radius 3 is 2.54 bits per heavy atom. The summed E-state index contributed by atoms with van der Waals surface area (Å²) in [4.78, 5) is 10.7. The molecule has 70 valence electrons. The van der Waals surface area contributed by atoms with Gasteiger partial charge in [0.25, 0.3) is 0 Å². The van der Waals surface area contributed by atoms with Crippen LogP contribution in [0.15, 0.2) is 10.5 Å². The fraction of sp³-hybridized carbons (Fsp3) is 0.222. The molecule has 2 nitrogen and oxygen atoms in total. The van der Waals surface area contributed by atoms with Crippen LogP contribution in [0.5, 0.6) is 0 Å². The molecule has 0 spiro atoms. The molecule has 0 radical (unpaired) electrons. The van der Waals surface area contributed by atoms with Crippen molar-refractivity contribution in [1.82, 2.24) is 0 Å². The van der Waals surface area contributed by atoms with Crippen molar-refractivity contribution in [2.24, 2.45) is 0 Å². The number of carbonyl (C=O) groups is 1. The van der Waals surface area contributed by atoms with Crippen LogP contribution in [0.4, 0.5) is 4.39 Å². The molecule has 0 saturated carbocycles.